The number of ether oxygens (including phenoxy) is 1. The molecule has 0 unspecified atom stereocenters. The summed E-state index contributed by atoms with van der Waals surface area (Å²) in [5.74, 6) is 0.879. The molecule has 0 heterocycles. The monoisotopic (exact) mass is 342 g/mol. The molecule has 5 heteroatoms. The highest BCUT2D eigenvalue weighted by atomic mass is 79.9. The number of halogens is 1. The van der Waals surface area contributed by atoms with E-state index in [1.807, 2.05) is 40.0 Å². The summed E-state index contributed by atoms with van der Waals surface area (Å²) < 4.78 is 6.84. The molecule has 0 spiro atoms. The molecule has 0 fully saturated rings. The Balaban J connectivity index is 2.65. The Morgan fingerprint density at radius 3 is 2.70 bits per heavy atom. The van der Waals surface area contributed by atoms with Crippen LogP contribution in [0.4, 0.5) is 0 Å². The van der Waals surface area contributed by atoms with E-state index in [0.717, 1.165) is 27.9 Å². The van der Waals surface area contributed by atoms with Crippen molar-refractivity contribution in [2.24, 2.45) is 0 Å². The van der Waals surface area contributed by atoms with Gasteiger partial charge in [0, 0.05) is 22.6 Å². The SMILES string of the molecule is CNCc1cc(Br)cc(C)c1OCCC(=O)NC(C)C. The van der Waals surface area contributed by atoms with Gasteiger partial charge in [0.15, 0.2) is 0 Å². The lowest BCUT2D eigenvalue weighted by molar-refractivity contribution is -0.122. The van der Waals surface area contributed by atoms with E-state index in [4.69, 9.17) is 4.74 Å². The van der Waals surface area contributed by atoms with Gasteiger partial charge in [0.1, 0.15) is 5.75 Å². The molecule has 0 atom stereocenters. The molecule has 0 aliphatic rings. The van der Waals surface area contributed by atoms with E-state index in [1.54, 1.807) is 0 Å². The molecule has 1 aromatic rings. The Hall–Kier alpha value is -1.07. The van der Waals surface area contributed by atoms with E-state index in [1.165, 1.54) is 0 Å². The number of amides is 1. The smallest absolute Gasteiger partial charge is 0.223 e. The average molecular weight is 343 g/mol. The molecule has 0 radical (unpaired) electrons. The molecule has 112 valence electrons. The molecule has 0 saturated heterocycles. The van der Waals surface area contributed by atoms with Gasteiger partial charge >= 0.3 is 0 Å². The second-order valence-electron chi connectivity index (χ2n) is 5.06. The van der Waals surface area contributed by atoms with Gasteiger partial charge in [0.25, 0.3) is 0 Å². The largest absolute Gasteiger partial charge is 0.492 e. The Morgan fingerprint density at radius 2 is 2.10 bits per heavy atom. The summed E-state index contributed by atoms with van der Waals surface area (Å²) in [6.07, 6.45) is 0.368. The third-order valence-electron chi connectivity index (χ3n) is 2.71. The van der Waals surface area contributed by atoms with Gasteiger partial charge in [-0.25, -0.2) is 0 Å². The van der Waals surface area contributed by atoms with Crippen molar-refractivity contribution in [3.8, 4) is 5.75 Å². The summed E-state index contributed by atoms with van der Waals surface area (Å²) in [5, 5.41) is 5.98. The molecule has 0 aliphatic heterocycles. The maximum Gasteiger partial charge on any atom is 0.223 e. The maximum absolute atomic E-state index is 11.6. The third-order valence-corrected chi connectivity index (χ3v) is 3.17. The molecular formula is C15H23BrN2O2. The first-order valence-corrected chi connectivity index (χ1v) is 7.59. The minimum atomic E-state index is 0.0185. The van der Waals surface area contributed by atoms with Crippen LogP contribution < -0.4 is 15.4 Å². The minimum Gasteiger partial charge on any atom is -0.492 e. The topological polar surface area (TPSA) is 50.4 Å². The first kappa shape index (κ1) is 17.0. The van der Waals surface area contributed by atoms with Gasteiger partial charge in [-0.05, 0) is 45.5 Å². The number of aryl methyl sites for hydroxylation is 1. The van der Waals surface area contributed by atoms with Crippen LogP contribution in [0.25, 0.3) is 0 Å². The van der Waals surface area contributed by atoms with Crippen LogP contribution in [0.15, 0.2) is 16.6 Å². The number of carbonyl (C=O) groups excluding carboxylic acids is 1. The molecule has 20 heavy (non-hydrogen) atoms. The molecule has 1 rings (SSSR count). The normalized spacial score (nSPS) is 10.7. The standard InChI is InChI=1S/C15H23BrN2O2/c1-10(2)18-14(19)5-6-20-15-11(3)7-13(16)8-12(15)9-17-4/h7-8,10,17H,5-6,9H2,1-4H3,(H,18,19). The fourth-order valence-corrected chi connectivity index (χ4v) is 2.59. The second-order valence-corrected chi connectivity index (χ2v) is 5.98. The van der Waals surface area contributed by atoms with Gasteiger partial charge in [-0.2, -0.15) is 0 Å². The first-order chi connectivity index (χ1) is 9.43. The van der Waals surface area contributed by atoms with Gasteiger partial charge in [0.2, 0.25) is 5.91 Å². The Kier molecular flexibility index (Phi) is 7.02. The predicted octanol–water partition coefficient (Wildman–Crippen LogP) is 2.77. The summed E-state index contributed by atoms with van der Waals surface area (Å²) in [7, 11) is 1.90. The van der Waals surface area contributed by atoms with Gasteiger partial charge < -0.3 is 15.4 Å². The summed E-state index contributed by atoms with van der Waals surface area (Å²) >= 11 is 3.49. The fourth-order valence-electron chi connectivity index (χ4n) is 1.97. The zero-order chi connectivity index (χ0) is 15.1. The number of benzene rings is 1. The van der Waals surface area contributed by atoms with E-state index in [-0.39, 0.29) is 11.9 Å². The van der Waals surface area contributed by atoms with Crippen molar-refractivity contribution in [2.45, 2.75) is 39.8 Å². The van der Waals surface area contributed by atoms with E-state index >= 15 is 0 Å². The predicted molar refractivity (Wildman–Crippen MR) is 85.0 cm³/mol. The lowest BCUT2D eigenvalue weighted by Crippen LogP contribution is -2.31. The van der Waals surface area contributed by atoms with Gasteiger partial charge in [-0.3, -0.25) is 4.79 Å². The van der Waals surface area contributed by atoms with Crippen molar-refractivity contribution in [3.05, 3.63) is 27.7 Å². The van der Waals surface area contributed by atoms with Gasteiger partial charge in [0.05, 0.1) is 13.0 Å². The molecule has 0 saturated carbocycles. The summed E-state index contributed by atoms with van der Waals surface area (Å²) in [5.41, 5.74) is 2.15. The fraction of sp³-hybridized carbons (Fsp3) is 0.533. The molecule has 4 nitrogen and oxygen atoms in total. The van der Waals surface area contributed by atoms with Crippen LogP contribution in [-0.2, 0) is 11.3 Å². The van der Waals surface area contributed by atoms with Crippen LogP contribution >= 0.6 is 15.9 Å². The zero-order valence-electron chi connectivity index (χ0n) is 12.5. The second kappa shape index (κ2) is 8.27. The van der Waals surface area contributed by atoms with Crippen molar-refractivity contribution >= 4 is 21.8 Å². The van der Waals surface area contributed by atoms with Crippen LogP contribution in [0.2, 0.25) is 0 Å². The molecule has 1 aromatic carbocycles. The highest BCUT2D eigenvalue weighted by Gasteiger charge is 2.10. The van der Waals surface area contributed by atoms with Crippen molar-refractivity contribution in [3.63, 3.8) is 0 Å². The molecule has 0 aromatic heterocycles. The van der Waals surface area contributed by atoms with E-state index in [9.17, 15) is 4.79 Å². The Morgan fingerprint density at radius 1 is 1.40 bits per heavy atom. The maximum atomic E-state index is 11.6. The van der Waals surface area contributed by atoms with E-state index in [2.05, 4.69) is 26.6 Å². The van der Waals surface area contributed by atoms with Gasteiger partial charge in [-0.15, -0.1) is 0 Å². The van der Waals surface area contributed by atoms with Crippen molar-refractivity contribution in [1.82, 2.24) is 10.6 Å². The van der Waals surface area contributed by atoms with Crippen LogP contribution in [0, 0.1) is 6.92 Å². The van der Waals surface area contributed by atoms with E-state index in [0.29, 0.717) is 13.0 Å². The summed E-state index contributed by atoms with van der Waals surface area (Å²) in [6, 6.07) is 4.21. The lowest BCUT2D eigenvalue weighted by Gasteiger charge is -2.15. The highest BCUT2D eigenvalue weighted by molar-refractivity contribution is 9.10. The molecular weight excluding hydrogens is 320 g/mol. The van der Waals surface area contributed by atoms with Crippen LogP contribution in [0.5, 0.6) is 5.75 Å². The van der Waals surface area contributed by atoms with E-state index < -0.39 is 0 Å². The minimum absolute atomic E-state index is 0.0185. The average Bonchev–Trinajstić information content (AvgIpc) is 2.31. The van der Waals surface area contributed by atoms with Crippen LogP contribution in [0.1, 0.15) is 31.4 Å². The number of rotatable bonds is 7. The summed E-state index contributed by atoms with van der Waals surface area (Å²) in [4.78, 5) is 11.6. The van der Waals surface area contributed by atoms with Gasteiger partial charge in [-0.1, -0.05) is 15.9 Å². The van der Waals surface area contributed by atoms with Crippen molar-refractivity contribution in [1.29, 1.82) is 0 Å². The number of nitrogens with one attached hydrogen (secondary N) is 2. The Labute approximate surface area is 129 Å². The van der Waals surface area contributed by atoms with Crippen LogP contribution in [-0.4, -0.2) is 25.6 Å². The number of hydrogen-bond donors (Lipinski definition) is 2. The number of carbonyl (C=O) groups is 1. The highest BCUT2D eigenvalue weighted by Crippen LogP contribution is 2.28. The molecule has 0 bridgehead atoms. The molecule has 2 N–H and O–H groups in total. The third kappa shape index (κ3) is 5.51. The zero-order valence-corrected chi connectivity index (χ0v) is 14.1. The lowest BCUT2D eigenvalue weighted by atomic mass is 10.1. The quantitative estimate of drug-likeness (QED) is 0.800. The molecule has 0 aliphatic carbocycles. The Bertz CT molecular complexity index is 461. The summed E-state index contributed by atoms with van der Waals surface area (Å²) in [6.45, 7) is 7.02. The number of hydrogen-bond acceptors (Lipinski definition) is 3. The van der Waals surface area contributed by atoms with Crippen molar-refractivity contribution in [2.75, 3.05) is 13.7 Å². The first-order valence-electron chi connectivity index (χ1n) is 6.79. The van der Waals surface area contributed by atoms with Crippen LogP contribution in [0.3, 0.4) is 0 Å². The molecule has 1 amide bonds. The van der Waals surface area contributed by atoms with Crippen molar-refractivity contribution < 1.29 is 9.53 Å².